The first-order valence-electron chi connectivity index (χ1n) is 8.47. The van der Waals surface area contributed by atoms with Crippen LogP contribution in [-0.2, 0) is 17.9 Å². The fraction of sp³-hybridized carbons (Fsp3) is 0.368. The molecular weight excluding hydrogens is 416 g/mol. The van der Waals surface area contributed by atoms with E-state index in [-0.39, 0.29) is 12.3 Å². The molecule has 0 amide bonds. The number of nitro groups is 1. The Labute approximate surface area is 166 Å². The summed E-state index contributed by atoms with van der Waals surface area (Å²) in [6.07, 6.45) is 0.946. The summed E-state index contributed by atoms with van der Waals surface area (Å²) >= 11 is 3.57. The summed E-state index contributed by atoms with van der Waals surface area (Å²) in [6, 6.07) is 10.1. The van der Waals surface area contributed by atoms with Crippen molar-refractivity contribution >= 4 is 21.6 Å². The third-order valence-electron chi connectivity index (χ3n) is 3.89. The molecule has 146 valence electrons. The topological polar surface area (TPSA) is 82.9 Å². The molecular formula is C19H23BrN2O5. The highest BCUT2D eigenvalue weighted by Gasteiger charge is 2.11. The Hall–Kier alpha value is -2.16. The number of non-ortho nitro benzene ring substituents is 1. The molecule has 8 heteroatoms. The van der Waals surface area contributed by atoms with Crippen molar-refractivity contribution in [3.05, 3.63) is 62.1 Å². The number of nitrogens with zero attached hydrogens (tertiary/aromatic N) is 1. The van der Waals surface area contributed by atoms with Crippen molar-refractivity contribution in [1.82, 2.24) is 5.32 Å². The van der Waals surface area contributed by atoms with Gasteiger partial charge in [-0.2, -0.15) is 0 Å². The second-order valence-electron chi connectivity index (χ2n) is 5.83. The Morgan fingerprint density at radius 3 is 2.52 bits per heavy atom. The zero-order chi connectivity index (χ0) is 19.6. The number of rotatable bonds is 11. The maximum absolute atomic E-state index is 10.7. The molecule has 0 atom stereocenters. The summed E-state index contributed by atoms with van der Waals surface area (Å²) in [6.45, 7) is 2.58. The Morgan fingerprint density at radius 1 is 1.15 bits per heavy atom. The molecule has 0 radical (unpaired) electrons. The van der Waals surface area contributed by atoms with E-state index in [9.17, 15) is 10.1 Å². The van der Waals surface area contributed by atoms with E-state index in [0.717, 1.165) is 35.2 Å². The van der Waals surface area contributed by atoms with Crippen molar-refractivity contribution in [2.24, 2.45) is 0 Å². The molecule has 0 aliphatic heterocycles. The van der Waals surface area contributed by atoms with E-state index in [1.807, 2.05) is 12.1 Å². The van der Waals surface area contributed by atoms with Crippen LogP contribution in [-0.4, -0.2) is 32.3 Å². The van der Waals surface area contributed by atoms with Crippen LogP contribution in [0.3, 0.4) is 0 Å². The van der Waals surface area contributed by atoms with E-state index in [2.05, 4.69) is 21.2 Å². The Bertz CT molecular complexity index is 753. The maximum Gasteiger partial charge on any atom is 0.269 e. The van der Waals surface area contributed by atoms with Gasteiger partial charge in [0.05, 0.1) is 12.0 Å². The summed E-state index contributed by atoms with van der Waals surface area (Å²) in [5, 5.41) is 14.1. The number of benzene rings is 2. The summed E-state index contributed by atoms with van der Waals surface area (Å²) in [4.78, 5) is 10.3. The van der Waals surface area contributed by atoms with Crippen LogP contribution in [0.2, 0.25) is 0 Å². The Kier molecular flexibility index (Phi) is 8.50. The first-order chi connectivity index (χ1) is 13.0. The van der Waals surface area contributed by atoms with Crippen molar-refractivity contribution in [2.45, 2.75) is 19.6 Å². The number of ether oxygens (including phenoxy) is 3. The lowest BCUT2D eigenvalue weighted by molar-refractivity contribution is -0.384. The van der Waals surface area contributed by atoms with Gasteiger partial charge in [-0.25, -0.2) is 0 Å². The van der Waals surface area contributed by atoms with Gasteiger partial charge in [-0.3, -0.25) is 10.1 Å². The van der Waals surface area contributed by atoms with Crippen molar-refractivity contribution < 1.29 is 19.1 Å². The highest BCUT2D eigenvalue weighted by Crippen LogP contribution is 2.34. The molecule has 0 spiro atoms. The number of nitro benzene ring substituents is 1. The minimum absolute atomic E-state index is 0.0569. The van der Waals surface area contributed by atoms with Crippen LogP contribution < -0.4 is 14.8 Å². The van der Waals surface area contributed by atoms with Gasteiger partial charge in [-0.15, -0.1) is 0 Å². The zero-order valence-corrected chi connectivity index (χ0v) is 17.0. The number of halogens is 1. The highest BCUT2D eigenvalue weighted by molar-refractivity contribution is 9.10. The summed E-state index contributed by atoms with van der Waals surface area (Å²) in [5.74, 6) is 1.24. The zero-order valence-electron chi connectivity index (χ0n) is 15.4. The Morgan fingerprint density at radius 2 is 1.89 bits per heavy atom. The SMILES string of the molecule is COCCCNCc1cc(OC)c(OCc2ccc([N+](=O)[O-])cc2)cc1Br. The molecule has 7 nitrogen and oxygen atoms in total. The first kappa shape index (κ1) is 21.1. The molecule has 0 saturated carbocycles. The van der Waals surface area contributed by atoms with Gasteiger partial charge in [-0.1, -0.05) is 15.9 Å². The molecule has 2 aromatic rings. The fourth-order valence-corrected chi connectivity index (χ4v) is 2.89. The molecule has 27 heavy (non-hydrogen) atoms. The minimum Gasteiger partial charge on any atom is -0.493 e. The number of hydrogen-bond donors (Lipinski definition) is 1. The predicted molar refractivity (Wildman–Crippen MR) is 106 cm³/mol. The average Bonchev–Trinajstić information content (AvgIpc) is 2.67. The van der Waals surface area contributed by atoms with Gasteiger partial charge in [0.25, 0.3) is 5.69 Å². The van der Waals surface area contributed by atoms with Crippen molar-refractivity contribution in [2.75, 3.05) is 27.4 Å². The van der Waals surface area contributed by atoms with Crippen LogP contribution in [0, 0.1) is 10.1 Å². The second-order valence-corrected chi connectivity index (χ2v) is 6.68. The van der Waals surface area contributed by atoms with Crippen LogP contribution in [0.4, 0.5) is 5.69 Å². The van der Waals surface area contributed by atoms with Gasteiger partial charge in [0.2, 0.25) is 0 Å². The van der Waals surface area contributed by atoms with E-state index in [0.29, 0.717) is 18.0 Å². The Balaban J connectivity index is 1.99. The lowest BCUT2D eigenvalue weighted by atomic mass is 10.2. The number of nitrogens with one attached hydrogen (secondary N) is 1. The van der Waals surface area contributed by atoms with Gasteiger partial charge in [0.15, 0.2) is 11.5 Å². The molecule has 0 unspecified atom stereocenters. The van der Waals surface area contributed by atoms with E-state index < -0.39 is 4.92 Å². The van der Waals surface area contributed by atoms with Gasteiger partial charge < -0.3 is 19.5 Å². The van der Waals surface area contributed by atoms with Crippen LogP contribution in [0.25, 0.3) is 0 Å². The molecule has 0 aliphatic carbocycles. The molecule has 0 heterocycles. The van der Waals surface area contributed by atoms with Gasteiger partial charge in [0, 0.05) is 36.9 Å². The van der Waals surface area contributed by atoms with Gasteiger partial charge >= 0.3 is 0 Å². The van der Waals surface area contributed by atoms with Crippen LogP contribution in [0.15, 0.2) is 40.9 Å². The van der Waals surface area contributed by atoms with Crippen LogP contribution >= 0.6 is 15.9 Å². The third kappa shape index (κ3) is 6.50. The second kappa shape index (κ2) is 10.9. The lowest BCUT2D eigenvalue weighted by Crippen LogP contribution is -2.16. The van der Waals surface area contributed by atoms with E-state index in [1.54, 1.807) is 26.4 Å². The average molecular weight is 439 g/mol. The van der Waals surface area contributed by atoms with Gasteiger partial charge in [-0.05, 0) is 48.4 Å². The summed E-state index contributed by atoms with van der Waals surface area (Å²) in [5.41, 5.74) is 1.95. The molecule has 0 fully saturated rings. The third-order valence-corrected chi connectivity index (χ3v) is 4.63. The minimum atomic E-state index is -0.424. The van der Waals surface area contributed by atoms with Crippen LogP contribution in [0.5, 0.6) is 11.5 Å². The van der Waals surface area contributed by atoms with Gasteiger partial charge in [0.1, 0.15) is 6.61 Å². The highest BCUT2D eigenvalue weighted by atomic mass is 79.9. The van der Waals surface area contributed by atoms with E-state index >= 15 is 0 Å². The number of methoxy groups -OCH3 is 2. The van der Waals surface area contributed by atoms with E-state index in [4.69, 9.17) is 14.2 Å². The molecule has 1 N–H and O–H groups in total. The first-order valence-corrected chi connectivity index (χ1v) is 9.26. The number of hydrogen-bond acceptors (Lipinski definition) is 6. The van der Waals surface area contributed by atoms with Crippen LogP contribution in [0.1, 0.15) is 17.5 Å². The molecule has 2 aromatic carbocycles. The molecule has 2 rings (SSSR count). The molecule has 0 aliphatic rings. The lowest BCUT2D eigenvalue weighted by Gasteiger charge is -2.14. The van der Waals surface area contributed by atoms with Crippen molar-refractivity contribution in [3.63, 3.8) is 0 Å². The van der Waals surface area contributed by atoms with E-state index in [1.165, 1.54) is 12.1 Å². The van der Waals surface area contributed by atoms with Crippen molar-refractivity contribution in [3.8, 4) is 11.5 Å². The molecule has 0 aromatic heterocycles. The summed E-state index contributed by atoms with van der Waals surface area (Å²) < 4.78 is 17.2. The summed E-state index contributed by atoms with van der Waals surface area (Å²) in [7, 11) is 3.29. The van der Waals surface area contributed by atoms with Crippen molar-refractivity contribution in [1.29, 1.82) is 0 Å². The monoisotopic (exact) mass is 438 g/mol. The largest absolute Gasteiger partial charge is 0.493 e. The quantitative estimate of drug-likeness (QED) is 0.323. The smallest absolute Gasteiger partial charge is 0.269 e. The maximum atomic E-state index is 10.7. The normalized spacial score (nSPS) is 10.6. The molecule has 0 bridgehead atoms. The standard InChI is InChI=1S/C19H23BrN2O5/c1-25-9-3-8-21-12-15-10-18(26-2)19(11-17(15)20)27-13-14-4-6-16(7-5-14)22(23)24/h4-7,10-11,21H,3,8-9,12-13H2,1-2H3. The molecule has 0 saturated heterocycles. The predicted octanol–water partition coefficient (Wildman–Crippen LogP) is 4.07. The fourth-order valence-electron chi connectivity index (χ4n) is 2.42.